The highest BCUT2D eigenvalue weighted by Crippen LogP contribution is 2.21. The zero-order valence-corrected chi connectivity index (χ0v) is 12.2. The molecule has 1 atom stereocenters. The molecule has 0 aliphatic rings. The lowest BCUT2D eigenvalue weighted by molar-refractivity contribution is -0.115. The van der Waals surface area contributed by atoms with Crippen LogP contribution in [0.15, 0.2) is 42.6 Å². The molecule has 6 heteroatoms. The standard InChI is InChI=1S/C14H12BrFN2O2/c1-9(15)14(19)18-13-7-6-12(8-17-13)20-11-4-2-10(16)3-5-11/h2-9H,1H3,(H,17,18,19). The second-order valence-corrected chi connectivity index (χ2v) is 5.41. The molecule has 4 nitrogen and oxygen atoms in total. The maximum atomic E-state index is 12.8. The third-order valence-electron chi connectivity index (χ3n) is 2.40. The molecule has 1 aromatic carbocycles. The number of alkyl halides is 1. The van der Waals surface area contributed by atoms with Crippen LogP contribution >= 0.6 is 15.9 Å². The van der Waals surface area contributed by atoms with Gasteiger partial charge >= 0.3 is 0 Å². The molecule has 0 aliphatic carbocycles. The molecule has 0 bridgehead atoms. The number of hydrogen-bond acceptors (Lipinski definition) is 3. The van der Waals surface area contributed by atoms with Crippen LogP contribution in [0.5, 0.6) is 11.5 Å². The number of rotatable bonds is 4. The minimum Gasteiger partial charge on any atom is -0.456 e. The Bertz CT molecular complexity index is 585. The molecule has 2 aromatic rings. The lowest BCUT2D eigenvalue weighted by Crippen LogP contribution is -2.20. The largest absolute Gasteiger partial charge is 0.456 e. The van der Waals surface area contributed by atoms with Gasteiger partial charge in [0.2, 0.25) is 5.91 Å². The van der Waals surface area contributed by atoms with Crippen LogP contribution in [0.3, 0.4) is 0 Å². The van der Waals surface area contributed by atoms with E-state index in [9.17, 15) is 9.18 Å². The van der Waals surface area contributed by atoms with Crippen molar-refractivity contribution in [3.8, 4) is 11.5 Å². The molecule has 1 aromatic heterocycles. The molecular weight excluding hydrogens is 327 g/mol. The highest BCUT2D eigenvalue weighted by molar-refractivity contribution is 9.10. The van der Waals surface area contributed by atoms with Gasteiger partial charge in [0.05, 0.1) is 11.0 Å². The molecule has 0 aliphatic heterocycles. The summed E-state index contributed by atoms with van der Waals surface area (Å²) in [5.41, 5.74) is 0. The fraction of sp³-hybridized carbons (Fsp3) is 0.143. The number of nitrogens with one attached hydrogen (secondary N) is 1. The van der Waals surface area contributed by atoms with Crippen LogP contribution < -0.4 is 10.1 Å². The van der Waals surface area contributed by atoms with Crippen molar-refractivity contribution in [2.45, 2.75) is 11.8 Å². The van der Waals surface area contributed by atoms with Gasteiger partial charge in [0, 0.05) is 0 Å². The van der Waals surface area contributed by atoms with Crippen molar-refractivity contribution in [2.24, 2.45) is 0 Å². The normalized spacial score (nSPS) is 11.8. The van der Waals surface area contributed by atoms with Crippen LogP contribution in [-0.2, 0) is 4.79 Å². The number of carbonyl (C=O) groups is 1. The number of benzene rings is 1. The van der Waals surface area contributed by atoms with Gasteiger partial charge in [-0.25, -0.2) is 9.37 Å². The Kier molecular flexibility index (Phi) is 4.68. The molecule has 0 saturated carbocycles. The summed E-state index contributed by atoms with van der Waals surface area (Å²) in [7, 11) is 0. The molecule has 0 saturated heterocycles. The zero-order chi connectivity index (χ0) is 14.5. The van der Waals surface area contributed by atoms with Gasteiger partial charge in [0.25, 0.3) is 0 Å². The Balaban J connectivity index is 2.01. The van der Waals surface area contributed by atoms with Crippen molar-refractivity contribution in [3.63, 3.8) is 0 Å². The average molecular weight is 339 g/mol. The van der Waals surface area contributed by atoms with Gasteiger partial charge in [0.15, 0.2) is 0 Å². The number of ether oxygens (including phenoxy) is 1. The summed E-state index contributed by atoms with van der Waals surface area (Å²) in [5.74, 6) is 0.954. The molecule has 1 N–H and O–H groups in total. The van der Waals surface area contributed by atoms with E-state index in [-0.39, 0.29) is 16.6 Å². The predicted octanol–water partition coefficient (Wildman–Crippen LogP) is 3.73. The first-order chi connectivity index (χ1) is 9.54. The van der Waals surface area contributed by atoms with E-state index in [4.69, 9.17) is 4.74 Å². The minimum absolute atomic E-state index is 0.176. The molecule has 2 rings (SSSR count). The first kappa shape index (κ1) is 14.5. The molecular formula is C14H12BrFN2O2. The molecule has 1 unspecified atom stereocenters. The Morgan fingerprint density at radius 2 is 1.90 bits per heavy atom. The fourth-order valence-corrected chi connectivity index (χ4v) is 1.49. The summed E-state index contributed by atoms with van der Waals surface area (Å²) < 4.78 is 18.2. The molecule has 0 spiro atoms. The van der Waals surface area contributed by atoms with E-state index in [1.54, 1.807) is 19.1 Å². The Hall–Kier alpha value is -1.95. The number of aromatic nitrogens is 1. The van der Waals surface area contributed by atoms with Gasteiger partial charge in [-0.3, -0.25) is 4.79 Å². The number of pyridine rings is 1. The quantitative estimate of drug-likeness (QED) is 0.864. The monoisotopic (exact) mass is 338 g/mol. The van der Waals surface area contributed by atoms with Crippen molar-refractivity contribution in [3.05, 3.63) is 48.4 Å². The van der Waals surface area contributed by atoms with Crippen molar-refractivity contribution < 1.29 is 13.9 Å². The third kappa shape index (κ3) is 4.03. The molecule has 104 valence electrons. The smallest absolute Gasteiger partial charge is 0.239 e. The second-order valence-electron chi connectivity index (χ2n) is 4.04. The summed E-state index contributed by atoms with van der Waals surface area (Å²) in [6, 6.07) is 8.98. The van der Waals surface area contributed by atoms with E-state index in [0.29, 0.717) is 17.3 Å². The maximum absolute atomic E-state index is 12.8. The Morgan fingerprint density at radius 1 is 1.25 bits per heavy atom. The van der Waals surface area contributed by atoms with E-state index in [1.165, 1.54) is 30.5 Å². The minimum atomic E-state index is -0.322. The van der Waals surface area contributed by atoms with E-state index < -0.39 is 0 Å². The SMILES string of the molecule is CC(Br)C(=O)Nc1ccc(Oc2ccc(F)cc2)cn1. The van der Waals surface area contributed by atoms with Gasteiger partial charge in [-0.15, -0.1) is 0 Å². The van der Waals surface area contributed by atoms with E-state index in [2.05, 4.69) is 26.2 Å². The van der Waals surface area contributed by atoms with Crippen molar-refractivity contribution in [2.75, 3.05) is 5.32 Å². The van der Waals surface area contributed by atoms with Crippen molar-refractivity contribution in [1.29, 1.82) is 0 Å². The number of carbonyl (C=O) groups excluding carboxylic acids is 1. The fourth-order valence-electron chi connectivity index (χ4n) is 1.38. The molecule has 0 fully saturated rings. The molecule has 20 heavy (non-hydrogen) atoms. The first-order valence-corrected chi connectivity index (χ1v) is 6.80. The Morgan fingerprint density at radius 3 is 2.45 bits per heavy atom. The Labute approximate surface area is 124 Å². The van der Waals surface area contributed by atoms with Gasteiger partial charge in [0.1, 0.15) is 23.1 Å². The topological polar surface area (TPSA) is 51.2 Å². The van der Waals surface area contributed by atoms with Gasteiger partial charge in [-0.1, -0.05) is 15.9 Å². The highest BCUT2D eigenvalue weighted by Gasteiger charge is 2.09. The molecule has 1 heterocycles. The van der Waals surface area contributed by atoms with Crippen LogP contribution in [0, 0.1) is 5.82 Å². The predicted molar refractivity (Wildman–Crippen MR) is 77.7 cm³/mol. The van der Waals surface area contributed by atoms with Gasteiger partial charge < -0.3 is 10.1 Å². The van der Waals surface area contributed by atoms with Crippen LogP contribution in [0.2, 0.25) is 0 Å². The maximum Gasteiger partial charge on any atom is 0.239 e. The third-order valence-corrected chi connectivity index (χ3v) is 2.81. The zero-order valence-electron chi connectivity index (χ0n) is 10.6. The number of hydrogen-bond donors (Lipinski definition) is 1. The lowest BCUT2D eigenvalue weighted by atomic mass is 10.3. The summed E-state index contributed by atoms with van der Waals surface area (Å²) >= 11 is 3.17. The van der Waals surface area contributed by atoms with Crippen LogP contribution in [0.4, 0.5) is 10.2 Å². The number of anilines is 1. The van der Waals surface area contributed by atoms with E-state index in [1.807, 2.05) is 0 Å². The number of nitrogens with zero attached hydrogens (tertiary/aromatic N) is 1. The summed E-state index contributed by atoms with van der Waals surface area (Å²) in [4.78, 5) is 15.2. The van der Waals surface area contributed by atoms with Crippen LogP contribution in [0.25, 0.3) is 0 Å². The second kappa shape index (κ2) is 6.47. The summed E-state index contributed by atoms with van der Waals surface area (Å²) in [6.07, 6.45) is 1.48. The van der Waals surface area contributed by atoms with Crippen LogP contribution in [-0.4, -0.2) is 15.7 Å². The van der Waals surface area contributed by atoms with E-state index in [0.717, 1.165) is 0 Å². The van der Waals surface area contributed by atoms with Gasteiger partial charge in [-0.05, 0) is 43.3 Å². The van der Waals surface area contributed by atoms with E-state index >= 15 is 0 Å². The van der Waals surface area contributed by atoms with Crippen molar-refractivity contribution >= 4 is 27.7 Å². The van der Waals surface area contributed by atoms with Gasteiger partial charge in [-0.2, -0.15) is 0 Å². The average Bonchev–Trinajstić information content (AvgIpc) is 2.43. The number of halogens is 2. The molecule has 0 radical (unpaired) electrons. The molecule has 1 amide bonds. The lowest BCUT2D eigenvalue weighted by Gasteiger charge is -2.08. The first-order valence-electron chi connectivity index (χ1n) is 5.89. The number of amides is 1. The highest BCUT2D eigenvalue weighted by atomic mass is 79.9. The van der Waals surface area contributed by atoms with Crippen LogP contribution in [0.1, 0.15) is 6.92 Å². The summed E-state index contributed by atoms with van der Waals surface area (Å²) in [5, 5.41) is 2.64. The van der Waals surface area contributed by atoms with Crippen molar-refractivity contribution in [1.82, 2.24) is 4.98 Å². The summed E-state index contributed by atoms with van der Waals surface area (Å²) in [6.45, 7) is 1.72.